The minimum Gasteiger partial charge on any atom is -0.454 e. The second-order valence-corrected chi connectivity index (χ2v) is 7.46. The predicted octanol–water partition coefficient (Wildman–Crippen LogP) is 2.85. The van der Waals surface area contributed by atoms with E-state index in [1.807, 2.05) is 25.1 Å². The summed E-state index contributed by atoms with van der Waals surface area (Å²) >= 11 is 0. The number of rotatable bonds is 10. The van der Waals surface area contributed by atoms with Gasteiger partial charge in [-0.3, -0.25) is 0 Å². The summed E-state index contributed by atoms with van der Waals surface area (Å²) in [7, 11) is 0. The van der Waals surface area contributed by atoms with E-state index in [1.54, 1.807) is 0 Å². The number of benzene rings is 1. The number of nitrogens with zero attached hydrogens (tertiary/aromatic N) is 3. The van der Waals surface area contributed by atoms with Crippen LogP contribution in [-0.4, -0.2) is 45.5 Å². The summed E-state index contributed by atoms with van der Waals surface area (Å²) in [5, 5.41) is 19.2. The van der Waals surface area contributed by atoms with Gasteiger partial charge in [-0.15, -0.1) is 0 Å². The lowest BCUT2D eigenvalue weighted by Crippen LogP contribution is -2.26. The van der Waals surface area contributed by atoms with Crippen LogP contribution in [0.5, 0.6) is 11.5 Å². The van der Waals surface area contributed by atoms with Crippen molar-refractivity contribution in [3.05, 3.63) is 23.8 Å². The second-order valence-electron chi connectivity index (χ2n) is 7.46. The first kappa shape index (κ1) is 20.9. The summed E-state index contributed by atoms with van der Waals surface area (Å²) in [6, 6.07) is 5.89. The molecule has 9 heteroatoms. The number of ether oxygens (including phenoxy) is 2. The Balaban J connectivity index is 1.76. The van der Waals surface area contributed by atoms with E-state index in [4.69, 9.17) is 9.47 Å². The van der Waals surface area contributed by atoms with E-state index in [0.717, 1.165) is 23.5 Å². The van der Waals surface area contributed by atoms with Crippen molar-refractivity contribution < 1.29 is 14.6 Å². The Morgan fingerprint density at radius 2 is 1.69 bits per heavy atom. The SMILES string of the molecule is CC[C@H](CO)Nc1nc(NCc2ccc3c(c2)OCO3)nc(NC(C)C(C)C)n1. The maximum Gasteiger partial charge on any atom is 0.231 e. The molecule has 29 heavy (non-hydrogen) atoms. The number of hydrogen-bond donors (Lipinski definition) is 4. The first-order valence-electron chi connectivity index (χ1n) is 10.0. The molecule has 3 rings (SSSR count). The first-order chi connectivity index (χ1) is 14.0. The van der Waals surface area contributed by atoms with E-state index < -0.39 is 0 Å². The maximum atomic E-state index is 9.49. The van der Waals surface area contributed by atoms with Crippen LogP contribution in [0.15, 0.2) is 18.2 Å². The highest BCUT2D eigenvalue weighted by molar-refractivity contribution is 5.47. The van der Waals surface area contributed by atoms with E-state index in [1.165, 1.54) is 0 Å². The van der Waals surface area contributed by atoms with E-state index in [9.17, 15) is 5.11 Å². The van der Waals surface area contributed by atoms with Crippen molar-refractivity contribution in [2.24, 2.45) is 5.92 Å². The Kier molecular flexibility index (Phi) is 6.92. The molecule has 0 spiro atoms. The van der Waals surface area contributed by atoms with Crippen LogP contribution in [0.3, 0.4) is 0 Å². The zero-order valence-electron chi connectivity index (χ0n) is 17.4. The van der Waals surface area contributed by atoms with Gasteiger partial charge in [-0.1, -0.05) is 26.8 Å². The fraction of sp³-hybridized carbons (Fsp3) is 0.550. The van der Waals surface area contributed by atoms with Crippen molar-refractivity contribution in [2.45, 2.75) is 52.7 Å². The van der Waals surface area contributed by atoms with Gasteiger partial charge in [0, 0.05) is 12.6 Å². The summed E-state index contributed by atoms with van der Waals surface area (Å²) in [6.45, 7) is 9.13. The molecule has 9 nitrogen and oxygen atoms in total. The summed E-state index contributed by atoms with van der Waals surface area (Å²) in [5.74, 6) is 3.28. The van der Waals surface area contributed by atoms with Crippen molar-refractivity contribution in [3.63, 3.8) is 0 Å². The molecule has 0 fully saturated rings. The Morgan fingerprint density at radius 1 is 1.00 bits per heavy atom. The van der Waals surface area contributed by atoms with Crippen molar-refractivity contribution in [3.8, 4) is 11.5 Å². The standard InChI is InChI=1S/C20H30N6O3/c1-5-15(10-27)23-20-25-18(24-19(26-20)22-13(4)12(2)3)21-9-14-6-7-16-17(8-14)29-11-28-16/h6-8,12-13,15,27H,5,9-11H2,1-4H3,(H3,21,22,23,24,25,26)/t13?,15-/m1/s1. The molecule has 4 N–H and O–H groups in total. The Bertz CT molecular complexity index is 791. The zero-order chi connectivity index (χ0) is 20.8. The molecule has 0 saturated heterocycles. The molecular weight excluding hydrogens is 372 g/mol. The third-order valence-electron chi connectivity index (χ3n) is 4.93. The molecule has 0 bridgehead atoms. The van der Waals surface area contributed by atoms with Gasteiger partial charge in [0.15, 0.2) is 11.5 Å². The second kappa shape index (κ2) is 9.60. The molecule has 2 atom stereocenters. The predicted molar refractivity (Wildman–Crippen MR) is 112 cm³/mol. The minimum atomic E-state index is -0.116. The average molecular weight is 402 g/mol. The molecule has 0 amide bonds. The minimum absolute atomic E-state index is 0.00724. The molecule has 0 aliphatic carbocycles. The quantitative estimate of drug-likeness (QED) is 0.476. The number of nitrogens with one attached hydrogen (secondary N) is 3. The van der Waals surface area contributed by atoms with Gasteiger partial charge < -0.3 is 30.5 Å². The van der Waals surface area contributed by atoms with E-state index in [2.05, 4.69) is 51.7 Å². The summed E-state index contributed by atoms with van der Waals surface area (Å²) < 4.78 is 10.8. The Labute approximate surface area is 171 Å². The van der Waals surface area contributed by atoms with Crippen molar-refractivity contribution in [2.75, 3.05) is 29.4 Å². The number of anilines is 3. The smallest absolute Gasteiger partial charge is 0.231 e. The number of hydrogen-bond acceptors (Lipinski definition) is 9. The Hall–Kier alpha value is -2.81. The van der Waals surface area contributed by atoms with Crippen LogP contribution in [0.4, 0.5) is 17.8 Å². The van der Waals surface area contributed by atoms with Crippen LogP contribution in [0.25, 0.3) is 0 Å². The molecule has 1 unspecified atom stereocenters. The average Bonchev–Trinajstić information content (AvgIpc) is 3.18. The van der Waals surface area contributed by atoms with E-state index in [-0.39, 0.29) is 25.5 Å². The van der Waals surface area contributed by atoms with Gasteiger partial charge in [0.05, 0.1) is 12.6 Å². The number of aliphatic hydroxyl groups is 1. The highest BCUT2D eigenvalue weighted by Gasteiger charge is 2.15. The lowest BCUT2D eigenvalue weighted by atomic mass is 10.1. The summed E-state index contributed by atoms with van der Waals surface area (Å²) in [4.78, 5) is 13.4. The van der Waals surface area contributed by atoms with Crippen LogP contribution in [0, 0.1) is 5.92 Å². The maximum absolute atomic E-state index is 9.49. The Morgan fingerprint density at radius 3 is 2.38 bits per heavy atom. The largest absolute Gasteiger partial charge is 0.454 e. The fourth-order valence-electron chi connectivity index (χ4n) is 2.65. The normalized spacial score (nSPS) is 14.6. The van der Waals surface area contributed by atoms with Crippen molar-refractivity contribution >= 4 is 17.8 Å². The van der Waals surface area contributed by atoms with Gasteiger partial charge in [0.25, 0.3) is 0 Å². The molecule has 0 saturated carbocycles. The first-order valence-corrected chi connectivity index (χ1v) is 10.0. The third kappa shape index (κ3) is 5.60. The van der Waals surface area contributed by atoms with Crippen LogP contribution < -0.4 is 25.4 Å². The van der Waals surface area contributed by atoms with Gasteiger partial charge in [-0.25, -0.2) is 0 Å². The zero-order valence-corrected chi connectivity index (χ0v) is 17.4. The number of aromatic nitrogens is 3. The molecule has 1 aliphatic rings. The number of fused-ring (bicyclic) bond motifs is 1. The van der Waals surface area contributed by atoms with Crippen LogP contribution in [-0.2, 0) is 6.54 Å². The molecule has 158 valence electrons. The van der Waals surface area contributed by atoms with Gasteiger partial charge in [-0.2, -0.15) is 15.0 Å². The molecule has 2 aromatic rings. The van der Waals surface area contributed by atoms with Crippen molar-refractivity contribution in [1.29, 1.82) is 0 Å². The van der Waals surface area contributed by atoms with Crippen LogP contribution >= 0.6 is 0 Å². The monoisotopic (exact) mass is 402 g/mol. The topological polar surface area (TPSA) is 113 Å². The molecule has 1 aromatic carbocycles. The van der Waals surface area contributed by atoms with Gasteiger partial charge in [0.2, 0.25) is 24.6 Å². The summed E-state index contributed by atoms with van der Waals surface area (Å²) in [6.07, 6.45) is 0.757. The third-order valence-corrected chi connectivity index (χ3v) is 4.93. The lowest BCUT2D eigenvalue weighted by molar-refractivity contribution is 0.174. The van der Waals surface area contributed by atoms with Gasteiger partial charge in [0.1, 0.15) is 0 Å². The highest BCUT2D eigenvalue weighted by Crippen LogP contribution is 2.32. The highest BCUT2D eigenvalue weighted by atomic mass is 16.7. The van der Waals surface area contributed by atoms with E-state index >= 15 is 0 Å². The van der Waals surface area contributed by atoms with Gasteiger partial charge in [-0.05, 0) is 37.0 Å². The molecular formula is C20H30N6O3. The van der Waals surface area contributed by atoms with E-state index in [0.29, 0.717) is 30.3 Å². The summed E-state index contributed by atoms with van der Waals surface area (Å²) in [5.41, 5.74) is 1.02. The van der Waals surface area contributed by atoms with Gasteiger partial charge >= 0.3 is 0 Å². The van der Waals surface area contributed by atoms with Crippen LogP contribution in [0.1, 0.15) is 39.7 Å². The van der Waals surface area contributed by atoms with Crippen LogP contribution in [0.2, 0.25) is 0 Å². The lowest BCUT2D eigenvalue weighted by Gasteiger charge is -2.19. The molecule has 1 aliphatic heterocycles. The number of aliphatic hydroxyl groups excluding tert-OH is 1. The molecule has 2 heterocycles. The fourth-order valence-corrected chi connectivity index (χ4v) is 2.65. The molecule has 1 aromatic heterocycles. The van der Waals surface area contributed by atoms with Crippen molar-refractivity contribution in [1.82, 2.24) is 15.0 Å². The molecule has 0 radical (unpaired) electrons.